The Morgan fingerprint density at radius 3 is 2.39 bits per heavy atom. The normalized spacial score (nSPS) is 11.6. The first-order valence-corrected chi connectivity index (χ1v) is 12.2. The Bertz CT molecular complexity index is 1230. The number of carbonyl (C=O) groups excluding carboxylic acids is 3. The summed E-state index contributed by atoms with van der Waals surface area (Å²) in [5.74, 6) is 0.396. The van der Waals surface area contributed by atoms with Crippen molar-refractivity contribution in [2.45, 2.75) is 25.0 Å². The monoisotopic (exact) mass is 511 g/mol. The first-order chi connectivity index (χ1) is 17.2. The average molecular weight is 512 g/mol. The first-order valence-electron chi connectivity index (χ1n) is 11.2. The summed E-state index contributed by atoms with van der Waals surface area (Å²) in [5.41, 5.74) is 1.34. The summed E-state index contributed by atoms with van der Waals surface area (Å²) in [6, 6.07) is 13.0. The molecule has 0 unspecified atom stereocenters. The van der Waals surface area contributed by atoms with E-state index in [0.717, 1.165) is 0 Å². The van der Waals surface area contributed by atoms with Crippen LogP contribution in [0.4, 0.5) is 5.69 Å². The van der Waals surface area contributed by atoms with Gasteiger partial charge in [-0.2, -0.15) is 0 Å². The maximum absolute atomic E-state index is 12.8. The van der Waals surface area contributed by atoms with E-state index in [-0.39, 0.29) is 29.5 Å². The maximum atomic E-state index is 12.8. The third-order valence-electron chi connectivity index (χ3n) is 5.35. The fraction of sp³-hybridized carbons (Fsp3) is 0.320. The van der Waals surface area contributed by atoms with Gasteiger partial charge in [-0.25, -0.2) is 4.79 Å². The summed E-state index contributed by atoms with van der Waals surface area (Å²) in [4.78, 5) is 37.0. The fourth-order valence-electron chi connectivity index (χ4n) is 3.39. The van der Waals surface area contributed by atoms with Gasteiger partial charge in [0.1, 0.15) is 5.75 Å². The molecule has 190 valence electrons. The van der Waals surface area contributed by atoms with Gasteiger partial charge in [-0.05, 0) is 48.4 Å². The van der Waals surface area contributed by atoms with Crippen LogP contribution in [0.25, 0.3) is 0 Å². The summed E-state index contributed by atoms with van der Waals surface area (Å²) in [5, 5.41) is 14.8. The van der Waals surface area contributed by atoms with Gasteiger partial charge in [-0.15, -0.1) is 10.2 Å². The molecule has 0 radical (unpaired) electrons. The van der Waals surface area contributed by atoms with Crippen molar-refractivity contribution in [2.24, 2.45) is 13.0 Å². The number of thioether (sulfide) groups is 1. The van der Waals surface area contributed by atoms with Crippen molar-refractivity contribution in [1.29, 1.82) is 0 Å². The second kappa shape index (κ2) is 12.2. The molecule has 10 nitrogen and oxygen atoms in total. The number of methoxy groups -OCH3 is 2. The molecule has 3 rings (SSSR count). The lowest BCUT2D eigenvalue weighted by Crippen LogP contribution is -2.33. The van der Waals surface area contributed by atoms with Crippen LogP contribution in [0, 0.1) is 5.92 Å². The van der Waals surface area contributed by atoms with Gasteiger partial charge < -0.3 is 24.7 Å². The molecule has 3 aromatic rings. The zero-order valence-corrected chi connectivity index (χ0v) is 21.6. The van der Waals surface area contributed by atoms with E-state index in [2.05, 4.69) is 20.8 Å². The molecule has 0 aliphatic heterocycles. The molecule has 2 amide bonds. The molecule has 0 bridgehead atoms. The molecule has 1 atom stereocenters. The number of nitrogens with zero attached hydrogens (tertiary/aromatic N) is 3. The number of carbonyl (C=O) groups is 3. The lowest BCUT2D eigenvalue weighted by molar-refractivity contribution is -0.113. The SMILES string of the molecule is COC(=O)c1cccc(NC(=O)CSc2nnc([C@H](NC(=O)c3ccc(OC)cc3)C(C)C)n2C)c1. The Labute approximate surface area is 213 Å². The molecule has 0 fully saturated rings. The van der Waals surface area contributed by atoms with Crippen LogP contribution >= 0.6 is 11.8 Å². The van der Waals surface area contributed by atoms with E-state index in [0.29, 0.717) is 33.5 Å². The minimum atomic E-state index is -0.481. The average Bonchev–Trinajstić information content (AvgIpc) is 3.25. The summed E-state index contributed by atoms with van der Waals surface area (Å²) < 4.78 is 11.6. The molecule has 0 saturated heterocycles. The second-order valence-corrected chi connectivity index (χ2v) is 9.18. The van der Waals surface area contributed by atoms with E-state index < -0.39 is 5.97 Å². The van der Waals surface area contributed by atoms with Crippen LogP contribution in [0.1, 0.15) is 46.4 Å². The van der Waals surface area contributed by atoms with Crippen molar-refractivity contribution in [3.8, 4) is 5.75 Å². The van der Waals surface area contributed by atoms with E-state index in [1.807, 2.05) is 13.8 Å². The van der Waals surface area contributed by atoms with E-state index in [9.17, 15) is 14.4 Å². The minimum absolute atomic E-state index is 0.0401. The van der Waals surface area contributed by atoms with Crippen LogP contribution in [0.3, 0.4) is 0 Å². The summed E-state index contributed by atoms with van der Waals surface area (Å²) in [6.45, 7) is 3.96. The Hall–Kier alpha value is -3.86. The lowest BCUT2D eigenvalue weighted by Gasteiger charge is -2.21. The molecule has 2 N–H and O–H groups in total. The van der Waals surface area contributed by atoms with Gasteiger partial charge in [0.25, 0.3) is 5.91 Å². The van der Waals surface area contributed by atoms with Crippen molar-refractivity contribution in [2.75, 3.05) is 25.3 Å². The molecule has 0 aliphatic rings. The number of rotatable bonds is 10. The third kappa shape index (κ3) is 6.63. The standard InChI is InChI=1S/C25H29N5O5S/c1-15(2)21(27-23(32)16-9-11-19(34-4)12-10-16)22-28-29-25(30(22)3)36-14-20(31)26-18-8-6-7-17(13-18)24(33)35-5/h6-13,15,21H,14H2,1-5H3,(H,26,31)(H,27,32)/t21-/m1/s1. The van der Waals surface area contributed by atoms with E-state index in [1.54, 1.807) is 67.3 Å². The van der Waals surface area contributed by atoms with E-state index in [1.165, 1.54) is 18.9 Å². The minimum Gasteiger partial charge on any atom is -0.497 e. The highest BCUT2D eigenvalue weighted by Crippen LogP contribution is 2.25. The van der Waals surface area contributed by atoms with Gasteiger partial charge in [0, 0.05) is 18.3 Å². The van der Waals surface area contributed by atoms with Gasteiger partial charge in [0.05, 0.1) is 31.6 Å². The van der Waals surface area contributed by atoms with E-state index in [4.69, 9.17) is 9.47 Å². The maximum Gasteiger partial charge on any atom is 0.337 e. The summed E-state index contributed by atoms with van der Waals surface area (Å²) >= 11 is 1.22. The van der Waals surface area contributed by atoms with Crippen molar-refractivity contribution < 1.29 is 23.9 Å². The molecule has 1 aromatic heterocycles. The first kappa shape index (κ1) is 26.7. The Balaban J connectivity index is 1.64. The quantitative estimate of drug-likeness (QED) is 0.313. The summed E-state index contributed by atoms with van der Waals surface area (Å²) in [6.07, 6.45) is 0. The molecular formula is C25H29N5O5S. The molecule has 2 aromatic carbocycles. The highest BCUT2D eigenvalue weighted by molar-refractivity contribution is 7.99. The van der Waals surface area contributed by atoms with Crippen LogP contribution in [0.15, 0.2) is 53.7 Å². The number of ether oxygens (including phenoxy) is 2. The molecule has 1 heterocycles. The predicted octanol–water partition coefficient (Wildman–Crippen LogP) is 3.47. The molecule has 0 aliphatic carbocycles. The number of anilines is 1. The number of amides is 2. The Kier molecular flexibility index (Phi) is 9.07. The van der Waals surface area contributed by atoms with Gasteiger partial charge in [-0.3, -0.25) is 9.59 Å². The number of hydrogen-bond acceptors (Lipinski definition) is 8. The topological polar surface area (TPSA) is 124 Å². The highest BCUT2D eigenvalue weighted by atomic mass is 32.2. The lowest BCUT2D eigenvalue weighted by atomic mass is 10.0. The smallest absolute Gasteiger partial charge is 0.337 e. The van der Waals surface area contributed by atoms with Crippen molar-refractivity contribution in [3.63, 3.8) is 0 Å². The van der Waals surface area contributed by atoms with E-state index >= 15 is 0 Å². The van der Waals surface area contributed by atoms with Gasteiger partial charge in [0.2, 0.25) is 5.91 Å². The number of esters is 1. The van der Waals surface area contributed by atoms with Crippen LogP contribution in [-0.4, -0.2) is 52.5 Å². The number of aromatic nitrogens is 3. The number of hydrogen-bond donors (Lipinski definition) is 2. The van der Waals surface area contributed by atoms with Gasteiger partial charge in [0.15, 0.2) is 11.0 Å². The summed E-state index contributed by atoms with van der Waals surface area (Å²) in [7, 11) is 4.66. The van der Waals surface area contributed by atoms with Gasteiger partial charge >= 0.3 is 5.97 Å². The van der Waals surface area contributed by atoms with Crippen LogP contribution < -0.4 is 15.4 Å². The third-order valence-corrected chi connectivity index (χ3v) is 6.37. The van der Waals surface area contributed by atoms with Crippen molar-refractivity contribution >= 4 is 35.2 Å². The molecule has 11 heteroatoms. The number of nitrogens with one attached hydrogen (secondary N) is 2. The highest BCUT2D eigenvalue weighted by Gasteiger charge is 2.25. The number of benzene rings is 2. The van der Waals surface area contributed by atoms with Crippen molar-refractivity contribution in [1.82, 2.24) is 20.1 Å². The second-order valence-electron chi connectivity index (χ2n) is 8.23. The zero-order valence-electron chi connectivity index (χ0n) is 20.8. The molecular weight excluding hydrogens is 482 g/mol. The molecule has 36 heavy (non-hydrogen) atoms. The van der Waals surface area contributed by atoms with Crippen molar-refractivity contribution in [3.05, 3.63) is 65.5 Å². The van der Waals surface area contributed by atoms with Crippen LogP contribution in [-0.2, 0) is 16.6 Å². The van der Waals surface area contributed by atoms with Crippen LogP contribution in [0.5, 0.6) is 5.75 Å². The Morgan fingerprint density at radius 2 is 1.75 bits per heavy atom. The van der Waals surface area contributed by atoms with Gasteiger partial charge in [-0.1, -0.05) is 31.7 Å². The van der Waals surface area contributed by atoms with Crippen LogP contribution in [0.2, 0.25) is 0 Å². The predicted molar refractivity (Wildman–Crippen MR) is 136 cm³/mol. The zero-order chi connectivity index (χ0) is 26.2. The largest absolute Gasteiger partial charge is 0.497 e. The molecule has 0 saturated carbocycles. The fourth-order valence-corrected chi connectivity index (χ4v) is 4.11. The Morgan fingerprint density at radius 1 is 1.03 bits per heavy atom. The molecule has 0 spiro atoms.